The fraction of sp³-hybridized carbons (Fsp3) is 0.294. The van der Waals surface area contributed by atoms with Crippen LogP contribution in [-0.2, 0) is 13.1 Å². The molecule has 10 nitrogen and oxygen atoms in total. The van der Waals surface area contributed by atoms with E-state index >= 15 is 0 Å². The molecule has 10 heteroatoms. The maximum absolute atomic E-state index is 13.0. The van der Waals surface area contributed by atoms with Gasteiger partial charge in [-0.25, -0.2) is 0 Å². The molecule has 0 fully saturated rings. The summed E-state index contributed by atoms with van der Waals surface area (Å²) in [5.74, 6) is -0.620. The topological polar surface area (TPSA) is 148 Å². The lowest BCUT2D eigenvalue weighted by Crippen LogP contribution is -2.28. The third-order valence-corrected chi connectivity index (χ3v) is 7.34. The number of rotatable bonds is 14. The first kappa shape index (κ1) is 32.4. The Hall–Kier alpha value is -4.48. The van der Waals surface area contributed by atoms with Gasteiger partial charge in [-0.15, -0.1) is 0 Å². The predicted octanol–water partition coefficient (Wildman–Crippen LogP) is 4.21. The number of hydrogen-bond acceptors (Lipinski definition) is 8. The van der Waals surface area contributed by atoms with Crippen LogP contribution in [0.2, 0.25) is 0 Å². The first-order chi connectivity index (χ1) is 21.3. The van der Waals surface area contributed by atoms with Crippen LogP contribution in [0.5, 0.6) is 0 Å². The fourth-order valence-corrected chi connectivity index (χ4v) is 4.62. The highest BCUT2D eigenvalue weighted by atomic mass is 16.3. The molecule has 0 radical (unpaired) electrons. The molecule has 2 aromatic heterocycles. The second kappa shape index (κ2) is 15.8. The third kappa shape index (κ3) is 8.55. The molecule has 1 atom stereocenters. The summed E-state index contributed by atoms with van der Waals surface area (Å²) in [4.78, 5) is 34.7. The van der Waals surface area contributed by atoms with Crippen LogP contribution in [0.1, 0.15) is 56.6 Å². The smallest absolute Gasteiger partial charge is 0.274 e. The van der Waals surface area contributed by atoms with Crippen molar-refractivity contribution in [2.24, 2.45) is 0 Å². The van der Waals surface area contributed by atoms with Crippen molar-refractivity contribution in [2.45, 2.75) is 46.3 Å². The molecule has 0 saturated heterocycles. The molecule has 4 rings (SSSR count). The summed E-state index contributed by atoms with van der Waals surface area (Å²) in [6, 6.07) is 18.5. The minimum Gasteiger partial charge on any atom is -0.396 e. The summed E-state index contributed by atoms with van der Waals surface area (Å²) in [6.45, 7) is 7.84. The molecule has 0 saturated carbocycles. The Bertz CT molecular complexity index is 1560. The molecule has 0 aliphatic carbocycles. The number of carbonyl (C=O) groups is 2. The number of anilines is 2. The van der Waals surface area contributed by atoms with Gasteiger partial charge in [-0.05, 0) is 91.4 Å². The van der Waals surface area contributed by atoms with Crippen molar-refractivity contribution >= 4 is 23.2 Å². The zero-order chi connectivity index (χ0) is 31.5. The number of aromatic nitrogens is 2. The summed E-state index contributed by atoms with van der Waals surface area (Å²) >= 11 is 0. The minimum atomic E-state index is -0.314. The summed E-state index contributed by atoms with van der Waals surface area (Å²) in [5.41, 5.74) is 7.45. The number of aliphatic hydroxyl groups is 2. The zero-order valence-corrected chi connectivity index (χ0v) is 25.4. The van der Waals surface area contributed by atoms with E-state index in [-0.39, 0.29) is 31.1 Å². The van der Waals surface area contributed by atoms with Gasteiger partial charge in [0.05, 0.1) is 6.61 Å². The highest BCUT2D eigenvalue weighted by Gasteiger charge is 2.16. The lowest BCUT2D eigenvalue weighted by molar-refractivity contribution is 0.101. The Morgan fingerprint density at radius 3 is 1.73 bits per heavy atom. The number of aliphatic hydroxyl groups excluding tert-OH is 2. The van der Waals surface area contributed by atoms with Crippen LogP contribution in [-0.4, -0.2) is 57.8 Å². The summed E-state index contributed by atoms with van der Waals surface area (Å²) in [5, 5.41) is 30.4. The van der Waals surface area contributed by atoms with Gasteiger partial charge in [-0.2, -0.15) is 0 Å². The number of amides is 2. The predicted molar refractivity (Wildman–Crippen MR) is 173 cm³/mol. The second-order valence-corrected chi connectivity index (χ2v) is 10.7. The van der Waals surface area contributed by atoms with Crippen molar-refractivity contribution in [1.29, 1.82) is 0 Å². The van der Waals surface area contributed by atoms with E-state index in [0.29, 0.717) is 48.8 Å². The number of nitrogens with one attached hydrogen (secondary N) is 4. The van der Waals surface area contributed by atoms with Crippen LogP contribution in [0.3, 0.4) is 0 Å². The Kier molecular flexibility index (Phi) is 11.7. The van der Waals surface area contributed by atoms with Crippen LogP contribution in [0.25, 0.3) is 11.1 Å². The van der Waals surface area contributed by atoms with Crippen molar-refractivity contribution in [3.8, 4) is 11.1 Å². The molecule has 2 amide bonds. The molecule has 2 aromatic carbocycles. The van der Waals surface area contributed by atoms with E-state index in [1.165, 1.54) is 0 Å². The van der Waals surface area contributed by atoms with Gasteiger partial charge in [0.2, 0.25) is 0 Å². The number of pyridine rings is 2. The van der Waals surface area contributed by atoms with Crippen molar-refractivity contribution in [3.05, 3.63) is 107 Å². The normalized spacial score (nSPS) is 11.7. The molecule has 0 unspecified atom stereocenters. The van der Waals surface area contributed by atoms with Gasteiger partial charge in [0, 0.05) is 49.5 Å². The van der Waals surface area contributed by atoms with Crippen molar-refractivity contribution in [1.82, 2.24) is 20.6 Å². The van der Waals surface area contributed by atoms with Gasteiger partial charge in [0.1, 0.15) is 11.4 Å². The molecule has 0 aliphatic heterocycles. The van der Waals surface area contributed by atoms with E-state index in [1.807, 2.05) is 69.3 Å². The van der Waals surface area contributed by atoms with Crippen LogP contribution in [0.15, 0.2) is 73.1 Å². The molecule has 0 bridgehead atoms. The molecule has 6 N–H and O–H groups in total. The summed E-state index contributed by atoms with van der Waals surface area (Å²) in [7, 11) is 0. The SMILES string of the molecule is Cc1c(NC(=O)c2ccc(CNCCCO)cn2)cccc1-c1cccc(NC(=O)c2ccc(CN[C@@H](C)CO)cn2)c1C. The molecule has 4 aromatic rings. The second-order valence-electron chi connectivity index (χ2n) is 10.7. The van der Waals surface area contributed by atoms with E-state index in [9.17, 15) is 14.7 Å². The molecular weight excluding hydrogens is 556 g/mol. The van der Waals surface area contributed by atoms with Gasteiger partial charge < -0.3 is 31.5 Å². The van der Waals surface area contributed by atoms with Crippen molar-refractivity contribution in [3.63, 3.8) is 0 Å². The largest absolute Gasteiger partial charge is 0.396 e. The first-order valence-electron chi connectivity index (χ1n) is 14.7. The lowest BCUT2D eigenvalue weighted by Gasteiger charge is -2.17. The molecule has 230 valence electrons. The average molecular weight is 597 g/mol. The van der Waals surface area contributed by atoms with Crippen LogP contribution < -0.4 is 21.3 Å². The van der Waals surface area contributed by atoms with Gasteiger partial charge >= 0.3 is 0 Å². The van der Waals surface area contributed by atoms with E-state index in [0.717, 1.165) is 33.4 Å². The van der Waals surface area contributed by atoms with E-state index in [1.54, 1.807) is 24.5 Å². The van der Waals surface area contributed by atoms with Crippen LogP contribution in [0.4, 0.5) is 11.4 Å². The fourth-order valence-electron chi connectivity index (χ4n) is 4.62. The van der Waals surface area contributed by atoms with E-state index < -0.39 is 0 Å². The highest BCUT2D eigenvalue weighted by molar-refractivity contribution is 6.05. The first-order valence-corrected chi connectivity index (χ1v) is 14.7. The lowest BCUT2D eigenvalue weighted by atomic mass is 9.94. The van der Waals surface area contributed by atoms with Gasteiger partial charge in [-0.1, -0.05) is 36.4 Å². The standard InChI is InChI=1S/C34H40N6O4/c1-22(21-42)36-18-26-12-14-32(38-20-26)34(44)40-30-10-5-8-28(24(30)3)27-7-4-9-29(23(27)2)39-33(43)31-13-11-25(19-37-31)17-35-15-6-16-41/h4-5,7-14,19-20,22,35-36,41-42H,6,15-18,21H2,1-3H3,(H,39,43)(H,40,44)/t22-/m0/s1. The third-order valence-electron chi connectivity index (χ3n) is 7.34. The monoisotopic (exact) mass is 596 g/mol. The van der Waals surface area contributed by atoms with E-state index in [4.69, 9.17) is 5.11 Å². The van der Waals surface area contributed by atoms with Gasteiger partial charge in [-0.3, -0.25) is 19.6 Å². The van der Waals surface area contributed by atoms with Gasteiger partial charge in [0.25, 0.3) is 11.8 Å². The minimum absolute atomic E-state index is 0.0278. The van der Waals surface area contributed by atoms with Crippen molar-refractivity contribution < 1.29 is 19.8 Å². The Labute approximate surface area is 258 Å². The number of carbonyl (C=O) groups excluding carboxylic acids is 2. The highest BCUT2D eigenvalue weighted by Crippen LogP contribution is 2.34. The quantitative estimate of drug-likeness (QED) is 0.119. The molecule has 2 heterocycles. The summed E-state index contributed by atoms with van der Waals surface area (Å²) in [6.07, 6.45) is 4.01. The van der Waals surface area contributed by atoms with E-state index in [2.05, 4.69) is 31.2 Å². The summed E-state index contributed by atoms with van der Waals surface area (Å²) < 4.78 is 0. The van der Waals surface area contributed by atoms with Crippen LogP contribution in [0, 0.1) is 13.8 Å². The number of benzene rings is 2. The van der Waals surface area contributed by atoms with Crippen LogP contribution >= 0.6 is 0 Å². The molecule has 0 spiro atoms. The maximum atomic E-state index is 13.0. The Morgan fingerprint density at radius 1 is 0.750 bits per heavy atom. The zero-order valence-electron chi connectivity index (χ0n) is 25.4. The Balaban J connectivity index is 1.44. The molecular formula is C34H40N6O4. The average Bonchev–Trinajstić information content (AvgIpc) is 3.04. The number of nitrogens with zero attached hydrogens (tertiary/aromatic N) is 2. The maximum Gasteiger partial charge on any atom is 0.274 e. The van der Waals surface area contributed by atoms with Crippen molar-refractivity contribution in [2.75, 3.05) is 30.4 Å². The number of hydrogen-bond donors (Lipinski definition) is 6. The molecule has 0 aliphatic rings. The molecule has 44 heavy (non-hydrogen) atoms. The van der Waals surface area contributed by atoms with Gasteiger partial charge in [0.15, 0.2) is 0 Å². The Morgan fingerprint density at radius 2 is 1.27 bits per heavy atom.